The molecule has 740 valence electrons. The predicted molar refractivity (Wildman–Crippen MR) is 552 cm³/mol. The van der Waals surface area contributed by atoms with Gasteiger partial charge in [-0.15, -0.1) is 0 Å². The van der Waals surface area contributed by atoms with Crippen molar-refractivity contribution in [3.8, 4) is 45.0 Å². The Morgan fingerprint density at radius 1 is 0.324 bits per heavy atom. The average molecular weight is 1930 g/mol. The zero-order valence-corrected chi connectivity index (χ0v) is 79.7. The van der Waals surface area contributed by atoms with E-state index in [0.29, 0.717) is 120 Å². The quantitative estimate of drug-likeness (QED) is 0.0424. The first-order chi connectivity index (χ1) is 67.9. The molecule has 12 N–H and O–H groups in total. The summed E-state index contributed by atoms with van der Waals surface area (Å²) in [6.45, 7) is 22.8. The van der Waals surface area contributed by atoms with Crippen LogP contribution >= 0.6 is 0 Å². The minimum absolute atomic E-state index is 0. The standard InChI is InChI=1S/C29H32N4O5.2C24H24N4O3.C23H20N2O4.C6H12N2O2.CH4O.CH4/c1-29(2,3)38-28(37)33-24-9-8-19(17-31-10-12-32(13-11-31)26(35)18-34)14-21(24)16-25(33)22-15-20-6-4-5-7-23(20)30-27(22)36;2*29-15-23(30)28-9-7-27(8-10-28)14-16-5-6-21-18(11-16)13-22(25-21)19-12-17-3-1-2-4-20(17)26-24(19)31;1-23(2,3)29-22(28)25-19-9-8-14(13-26)10-16(19)12-20(25)17-11-15-6-4-5-7-18(15)24-21(17)27;9-5-6(10)8-3-1-7-2-4-8;1-2;/h4-9,14-16,34H,10-13,17-18H2,1-3H3,(H,30,36);2*1-6,11-13,25,29H,7-10,14-15H2,(H,26,31);4-13H,1-3H3,(H,24,27);7,9H,1-5H2;2H,1H3;1H4. The molecule has 20 rings (SSSR count). The normalized spacial score (nSPS) is 14.3. The molecule has 0 bridgehead atoms. The predicted octanol–water partition coefficient (Wildman–Crippen LogP) is 11.6. The highest BCUT2D eigenvalue weighted by Crippen LogP contribution is 2.35. The van der Waals surface area contributed by atoms with E-state index in [1.54, 1.807) is 76.8 Å². The van der Waals surface area contributed by atoms with Crippen molar-refractivity contribution in [1.29, 1.82) is 0 Å². The Labute approximate surface area is 817 Å². The Balaban J connectivity index is 0.000000145. The first kappa shape index (κ1) is 103. The van der Waals surface area contributed by atoms with E-state index in [4.69, 9.17) is 35.0 Å². The van der Waals surface area contributed by atoms with Crippen LogP contribution in [-0.2, 0) is 48.3 Å². The van der Waals surface area contributed by atoms with Crippen molar-refractivity contribution in [3.63, 3.8) is 0 Å². The smallest absolute Gasteiger partial charge is 0.419 e. The van der Waals surface area contributed by atoms with Crippen LogP contribution in [0.25, 0.3) is 132 Å². The van der Waals surface area contributed by atoms with E-state index in [0.717, 1.165) is 161 Å². The number of amides is 4. The van der Waals surface area contributed by atoms with Crippen molar-refractivity contribution in [2.24, 2.45) is 0 Å². The van der Waals surface area contributed by atoms with Crippen LogP contribution in [0.15, 0.2) is 238 Å². The fourth-order valence-corrected chi connectivity index (χ4v) is 17.9. The number of fused-ring (bicyclic) bond motifs is 8. The molecule has 4 saturated heterocycles. The number of carbonyl (C=O) groups excluding carboxylic acids is 7. The first-order valence-corrected chi connectivity index (χ1v) is 46.8. The monoisotopic (exact) mass is 1930 g/mol. The maximum atomic E-state index is 13.4. The van der Waals surface area contributed by atoms with E-state index in [-0.39, 0.29) is 59.9 Å². The molecule has 34 nitrogen and oxygen atoms in total. The molecule has 16 aromatic rings. The summed E-state index contributed by atoms with van der Waals surface area (Å²) >= 11 is 0. The molecular weight excluding hydrogens is 1810 g/mol. The van der Waals surface area contributed by atoms with Gasteiger partial charge in [0.1, 0.15) is 43.9 Å². The van der Waals surface area contributed by atoms with E-state index < -0.39 is 43.2 Å². The summed E-state index contributed by atoms with van der Waals surface area (Å²) in [5, 5.41) is 53.0. The number of aliphatic hydroxyl groups excluding tert-OH is 5. The molecule has 0 atom stereocenters. The van der Waals surface area contributed by atoms with Crippen molar-refractivity contribution in [3.05, 3.63) is 282 Å². The highest BCUT2D eigenvalue weighted by atomic mass is 16.6. The number of rotatable bonds is 15. The van der Waals surface area contributed by atoms with Gasteiger partial charge in [-0.2, -0.15) is 0 Å². The van der Waals surface area contributed by atoms with Crippen molar-refractivity contribution < 1.29 is 68.6 Å². The lowest BCUT2D eigenvalue weighted by Crippen LogP contribution is -2.49. The minimum Gasteiger partial charge on any atom is -0.443 e. The van der Waals surface area contributed by atoms with Crippen LogP contribution in [0.4, 0.5) is 9.59 Å². The van der Waals surface area contributed by atoms with Crippen LogP contribution in [0.3, 0.4) is 0 Å². The fraction of sp³-hybridized carbons (Fsp3) is 0.306. The fourth-order valence-electron chi connectivity index (χ4n) is 17.9. The number of nitrogens with zero attached hydrogens (tertiary/aromatic N) is 9. The van der Waals surface area contributed by atoms with Gasteiger partial charge in [-0.1, -0.05) is 98.4 Å². The SMILES string of the molecule is C.CC(C)(C)OC(=O)n1c(-c2cc3ccccc3[nH]c2=O)cc2cc(C=O)ccc21.CC(C)(C)OC(=O)n1c(-c2cc3ccccc3[nH]c2=O)cc2cc(CN3CCN(C(=O)CO)CC3)ccc21.CO.O=C(CO)N1CCN(Cc2ccc3[nH]c(-c4cc5ccccc5[nH]c4=O)cc3c2)CC1.O=C(CO)N1CCN(Cc2ccc3[nH]c(-c4cc5ccccc5[nH]c4=O)cc3c2)CC1.O=C(CO)N1CCNCC1. The number of ether oxygens (including phenoxy) is 2. The molecule has 0 radical (unpaired) electrons. The van der Waals surface area contributed by atoms with E-state index in [9.17, 15) is 52.7 Å². The Morgan fingerprint density at radius 2 is 0.613 bits per heavy atom. The summed E-state index contributed by atoms with van der Waals surface area (Å²) in [5.41, 5.74) is 12.4. The Morgan fingerprint density at radius 3 is 0.944 bits per heavy atom. The summed E-state index contributed by atoms with van der Waals surface area (Å²) in [5.74, 6) is -0.818. The molecule has 0 unspecified atom stereocenters. The highest BCUT2D eigenvalue weighted by molar-refractivity contribution is 6.01. The van der Waals surface area contributed by atoms with Crippen LogP contribution < -0.4 is 27.6 Å². The number of piperazine rings is 4. The summed E-state index contributed by atoms with van der Waals surface area (Å²) in [7, 11) is 1.00. The second-order valence-corrected chi connectivity index (χ2v) is 36.9. The Hall–Kier alpha value is -15.1. The maximum Gasteiger partial charge on any atom is 0.419 e. The maximum absolute atomic E-state index is 13.4. The molecule has 4 aliphatic rings. The third-order valence-corrected chi connectivity index (χ3v) is 24.9. The molecule has 4 fully saturated rings. The zero-order chi connectivity index (χ0) is 99.9. The number of H-pyrrole nitrogens is 6. The summed E-state index contributed by atoms with van der Waals surface area (Å²) in [4.78, 5) is 167. The molecular formula is C108H120N16O18. The van der Waals surface area contributed by atoms with E-state index >= 15 is 0 Å². The van der Waals surface area contributed by atoms with E-state index in [1.165, 1.54) is 20.3 Å². The molecule has 0 aliphatic carbocycles. The number of benzene rings is 8. The molecule has 4 aliphatic heterocycles. The highest BCUT2D eigenvalue weighted by Gasteiger charge is 2.30. The van der Waals surface area contributed by atoms with Gasteiger partial charge >= 0.3 is 12.2 Å². The summed E-state index contributed by atoms with van der Waals surface area (Å²) < 4.78 is 14.2. The van der Waals surface area contributed by atoms with Gasteiger partial charge in [0, 0.05) is 192 Å². The van der Waals surface area contributed by atoms with Gasteiger partial charge in [0.15, 0.2) is 0 Å². The molecule has 142 heavy (non-hydrogen) atoms. The van der Waals surface area contributed by atoms with Gasteiger partial charge in [0.05, 0.1) is 56.1 Å². The molecule has 34 heteroatoms. The van der Waals surface area contributed by atoms with Gasteiger partial charge in [-0.25, -0.2) is 18.7 Å². The number of aldehydes is 1. The van der Waals surface area contributed by atoms with Crippen LogP contribution in [0.2, 0.25) is 0 Å². The number of aliphatic hydroxyl groups is 5. The largest absolute Gasteiger partial charge is 0.443 e. The molecule has 8 aromatic heterocycles. The van der Waals surface area contributed by atoms with Gasteiger partial charge in [0.2, 0.25) is 23.6 Å². The number of nitrogens with one attached hydrogen (secondary N) is 7. The van der Waals surface area contributed by atoms with E-state index in [1.807, 2.05) is 166 Å². The third-order valence-electron chi connectivity index (χ3n) is 24.9. The second kappa shape index (κ2) is 45.9. The second-order valence-electron chi connectivity index (χ2n) is 36.9. The van der Waals surface area contributed by atoms with Crippen LogP contribution in [0.1, 0.15) is 76.0 Å². The van der Waals surface area contributed by atoms with Crippen molar-refractivity contribution in [1.82, 2.24) is 78.7 Å². The summed E-state index contributed by atoms with van der Waals surface area (Å²) in [6.07, 6.45) is -0.395. The van der Waals surface area contributed by atoms with Crippen molar-refractivity contribution in [2.45, 2.75) is 79.8 Å². The Kier molecular flexibility index (Phi) is 33.2. The lowest BCUT2D eigenvalue weighted by atomic mass is 10.1. The number of aromatic amines is 6. The topological polar surface area (TPSA) is 447 Å². The number of hydrogen-bond donors (Lipinski definition) is 12. The number of para-hydroxylation sites is 4. The molecule has 4 amide bonds. The van der Waals surface area contributed by atoms with Gasteiger partial charge in [-0.3, -0.25) is 57.9 Å². The summed E-state index contributed by atoms with van der Waals surface area (Å²) in [6, 6.07) is 69.0. The van der Waals surface area contributed by atoms with Crippen LogP contribution in [0.5, 0.6) is 0 Å². The average Bonchev–Trinajstić information content (AvgIpc) is 1.61. The lowest BCUT2D eigenvalue weighted by molar-refractivity contribution is -0.136. The minimum atomic E-state index is -0.708. The van der Waals surface area contributed by atoms with Gasteiger partial charge < -0.3 is 89.8 Å². The van der Waals surface area contributed by atoms with Crippen LogP contribution in [0, 0.1) is 0 Å². The number of aromatic nitrogens is 8. The Bertz CT molecular complexity index is 7340. The van der Waals surface area contributed by atoms with Crippen molar-refractivity contribution in [2.75, 3.05) is 138 Å². The zero-order valence-electron chi connectivity index (χ0n) is 79.7. The number of pyridine rings is 4. The van der Waals surface area contributed by atoms with Gasteiger partial charge in [0.25, 0.3) is 22.2 Å². The first-order valence-electron chi connectivity index (χ1n) is 46.8. The number of hydrogen-bond acceptors (Lipinski definition) is 22. The van der Waals surface area contributed by atoms with Gasteiger partial charge in [-0.05, 0) is 207 Å². The van der Waals surface area contributed by atoms with Crippen LogP contribution in [-0.4, -0.2) is 290 Å². The lowest BCUT2D eigenvalue weighted by Gasteiger charge is -2.34. The van der Waals surface area contributed by atoms with E-state index in [2.05, 4.69) is 86.3 Å². The molecule has 0 saturated carbocycles. The third kappa shape index (κ3) is 24.6. The molecule has 12 heterocycles. The van der Waals surface area contributed by atoms with Crippen molar-refractivity contribution >= 4 is 129 Å². The molecule has 0 spiro atoms. The number of carbonyl (C=O) groups is 7. The molecule has 8 aromatic carbocycles.